The number of anilines is 1. The maximum absolute atomic E-state index is 14.1. The minimum Gasteiger partial charge on any atom is -0.465 e. The van der Waals surface area contributed by atoms with Gasteiger partial charge in [0.2, 0.25) is 5.91 Å². The zero-order valence-electron chi connectivity index (χ0n) is 10.8. The molecule has 7 heteroatoms. The molecule has 2 amide bonds. The number of halogens is 2. The van der Waals surface area contributed by atoms with Crippen LogP contribution in [0.1, 0.15) is 23.7 Å². The predicted molar refractivity (Wildman–Crippen MR) is 75.7 cm³/mol. The van der Waals surface area contributed by atoms with Crippen molar-refractivity contribution in [2.24, 2.45) is 0 Å². The van der Waals surface area contributed by atoms with Crippen molar-refractivity contribution in [1.82, 2.24) is 5.32 Å². The van der Waals surface area contributed by atoms with Crippen LogP contribution in [-0.2, 0) is 4.79 Å². The molecule has 0 bridgehead atoms. The van der Waals surface area contributed by atoms with Crippen LogP contribution in [0, 0.1) is 5.82 Å². The van der Waals surface area contributed by atoms with Gasteiger partial charge in [0.1, 0.15) is 11.9 Å². The Bertz CT molecular complexity index is 550. The van der Waals surface area contributed by atoms with Gasteiger partial charge in [-0.25, -0.2) is 9.18 Å². The molecule has 1 heterocycles. The molecule has 108 valence electrons. The number of carbonyl (C=O) groups is 2. The van der Waals surface area contributed by atoms with Gasteiger partial charge in [-0.1, -0.05) is 22.0 Å². The molecule has 1 aromatic carbocycles. The summed E-state index contributed by atoms with van der Waals surface area (Å²) >= 11 is 3.35. The molecule has 2 atom stereocenters. The summed E-state index contributed by atoms with van der Waals surface area (Å²) < 4.78 is 14.1. The molecular formula is C13H14BrFN2O3. The highest BCUT2D eigenvalue weighted by Gasteiger charge is 2.34. The number of alkyl halides is 1. The first-order valence-corrected chi connectivity index (χ1v) is 7.06. The highest BCUT2D eigenvalue weighted by Crippen LogP contribution is 2.29. The Hall–Kier alpha value is -1.63. The first kappa shape index (κ1) is 14.8. The van der Waals surface area contributed by atoms with Crippen molar-refractivity contribution in [3.63, 3.8) is 0 Å². The summed E-state index contributed by atoms with van der Waals surface area (Å²) in [5.41, 5.74) is 0.958. The fraction of sp³-hybridized carbons (Fsp3) is 0.385. The molecule has 2 unspecified atom stereocenters. The quantitative estimate of drug-likeness (QED) is 0.828. The molecule has 1 aliphatic heterocycles. The summed E-state index contributed by atoms with van der Waals surface area (Å²) in [5.74, 6) is -0.913. The molecule has 5 nitrogen and oxygen atoms in total. The molecule has 0 aliphatic carbocycles. The summed E-state index contributed by atoms with van der Waals surface area (Å²) in [6, 6.07) is 3.86. The number of hydrogen-bond acceptors (Lipinski definition) is 2. The zero-order chi connectivity index (χ0) is 14.9. The van der Waals surface area contributed by atoms with E-state index in [9.17, 15) is 14.0 Å². The number of carboxylic acid groups (broad SMARTS) is 1. The number of amides is 2. The number of hydrogen-bond donors (Lipinski definition) is 2. The second-order valence-electron chi connectivity index (χ2n) is 4.61. The molecule has 1 saturated heterocycles. The SMILES string of the molecule is CC(Br)c1ccc(N2CCC(NC(=O)O)C2=O)c(F)c1. The molecule has 1 aromatic rings. The smallest absolute Gasteiger partial charge is 0.405 e. The summed E-state index contributed by atoms with van der Waals surface area (Å²) in [5, 5.41) is 10.8. The Morgan fingerprint density at radius 2 is 2.30 bits per heavy atom. The van der Waals surface area contributed by atoms with E-state index in [1.165, 1.54) is 11.0 Å². The van der Waals surface area contributed by atoms with Crippen LogP contribution in [-0.4, -0.2) is 29.7 Å². The molecule has 0 saturated carbocycles. The summed E-state index contributed by atoms with van der Waals surface area (Å²) in [6.45, 7) is 2.17. The van der Waals surface area contributed by atoms with Gasteiger partial charge in [0.05, 0.1) is 5.69 Å². The van der Waals surface area contributed by atoms with Crippen LogP contribution in [0.5, 0.6) is 0 Å². The van der Waals surface area contributed by atoms with Crippen molar-refractivity contribution in [3.8, 4) is 0 Å². The Morgan fingerprint density at radius 3 is 2.85 bits per heavy atom. The molecule has 2 N–H and O–H groups in total. The Morgan fingerprint density at radius 1 is 1.60 bits per heavy atom. The second kappa shape index (κ2) is 5.78. The van der Waals surface area contributed by atoms with Crippen molar-refractivity contribution in [3.05, 3.63) is 29.6 Å². The largest absolute Gasteiger partial charge is 0.465 e. The van der Waals surface area contributed by atoms with Crippen LogP contribution >= 0.6 is 15.9 Å². The van der Waals surface area contributed by atoms with Gasteiger partial charge in [0.25, 0.3) is 0 Å². The number of carbonyl (C=O) groups excluding carboxylic acids is 1. The van der Waals surface area contributed by atoms with Gasteiger partial charge in [-0.3, -0.25) is 4.79 Å². The number of benzene rings is 1. The maximum atomic E-state index is 14.1. The monoisotopic (exact) mass is 344 g/mol. The van der Waals surface area contributed by atoms with Gasteiger partial charge in [-0.05, 0) is 31.0 Å². The fourth-order valence-electron chi connectivity index (χ4n) is 2.19. The number of nitrogens with one attached hydrogen (secondary N) is 1. The molecule has 20 heavy (non-hydrogen) atoms. The van der Waals surface area contributed by atoms with Crippen LogP contribution in [0.4, 0.5) is 14.9 Å². The fourth-order valence-corrected chi connectivity index (χ4v) is 2.48. The van der Waals surface area contributed by atoms with E-state index < -0.39 is 23.9 Å². The Balaban J connectivity index is 2.21. The van der Waals surface area contributed by atoms with Gasteiger partial charge in [-0.2, -0.15) is 0 Å². The summed E-state index contributed by atoms with van der Waals surface area (Å²) in [4.78, 5) is 23.9. The normalized spacial score (nSPS) is 20.1. The van der Waals surface area contributed by atoms with E-state index in [1.54, 1.807) is 12.1 Å². The van der Waals surface area contributed by atoms with Gasteiger partial charge in [-0.15, -0.1) is 0 Å². The third-order valence-electron chi connectivity index (χ3n) is 3.23. The van der Waals surface area contributed by atoms with Crippen LogP contribution in [0.25, 0.3) is 0 Å². The molecular weight excluding hydrogens is 331 g/mol. The third-order valence-corrected chi connectivity index (χ3v) is 3.75. The minimum atomic E-state index is -1.26. The van der Waals surface area contributed by atoms with Crippen molar-refractivity contribution in [2.45, 2.75) is 24.2 Å². The highest BCUT2D eigenvalue weighted by molar-refractivity contribution is 9.09. The lowest BCUT2D eigenvalue weighted by molar-refractivity contribution is -0.118. The number of nitrogens with zero attached hydrogens (tertiary/aromatic N) is 1. The topological polar surface area (TPSA) is 69.6 Å². The standard InChI is InChI=1S/C13H14BrFN2O3/c1-7(14)8-2-3-11(9(15)6-8)17-5-4-10(12(17)18)16-13(19)20/h2-3,6-7,10,16H,4-5H2,1H3,(H,19,20). The van der Waals surface area contributed by atoms with E-state index >= 15 is 0 Å². The van der Waals surface area contributed by atoms with Crippen LogP contribution < -0.4 is 10.2 Å². The predicted octanol–water partition coefficient (Wildman–Crippen LogP) is 2.65. The van der Waals surface area contributed by atoms with Crippen LogP contribution in [0.15, 0.2) is 18.2 Å². The molecule has 1 fully saturated rings. The van der Waals surface area contributed by atoms with Crippen LogP contribution in [0.2, 0.25) is 0 Å². The van der Waals surface area contributed by atoms with Crippen molar-refractivity contribution < 1.29 is 19.1 Å². The van der Waals surface area contributed by atoms with Gasteiger partial charge in [0, 0.05) is 11.4 Å². The lowest BCUT2D eigenvalue weighted by atomic mass is 10.1. The van der Waals surface area contributed by atoms with Crippen molar-refractivity contribution >= 4 is 33.6 Å². The lowest BCUT2D eigenvalue weighted by Crippen LogP contribution is -2.41. The summed E-state index contributed by atoms with van der Waals surface area (Å²) in [7, 11) is 0. The van der Waals surface area contributed by atoms with E-state index in [-0.39, 0.29) is 10.5 Å². The maximum Gasteiger partial charge on any atom is 0.405 e. The second-order valence-corrected chi connectivity index (χ2v) is 5.98. The molecule has 1 aliphatic rings. The Kier molecular flexibility index (Phi) is 4.27. The first-order valence-electron chi connectivity index (χ1n) is 6.14. The molecule has 0 spiro atoms. The summed E-state index contributed by atoms with van der Waals surface area (Å²) in [6.07, 6.45) is -0.921. The average Bonchev–Trinajstić information content (AvgIpc) is 2.70. The number of rotatable bonds is 3. The average molecular weight is 345 g/mol. The van der Waals surface area contributed by atoms with Gasteiger partial charge in [0.15, 0.2) is 0 Å². The lowest BCUT2D eigenvalue weighted by Gasteiger charge is -2.18. The van der Waals surface area contributed by atoms with Gasteiger partial charge < -0.3 is 15.3 Å². The zero-order valence-corrected chi connectivity index (χ0v) is 12.4. The van der Waals surface area contributed by atoms with E-state index in [2.05, 4.69) is 21.2 Å². The van der Waals surface area contributed by atoms with Crippen molar-refractivity contribution in [1.29, 1.82) is 0 Å². The Labute approximate surface area is 123 Å². The third kappa shape index (κ3) is 2.92. The van der Waals surface area contributed by atoms with E-state index in [0.29, 0.717) is 13.0 Å². The molecule has 2 rings (SSSR count). The minimum absolute atomic E-state index is 0.0155. The van der Waals surface area contributed by atoms with E-state index in [0.717, 1.165) is 5.56 Å². The van der Waals surface area contributed by atoms with Gasteiger partial charge >= 0.3 is 6.09 Å². The van der Waals surface area contributed by atoms with E-state index in [1.807, 2.05) is 6.92 Å². The first-order chi connectivity index (χ1) is 9.40. The molecule has 0 aromatic heterocycles. The highest BCUT2D eigenvalue weighted by atomic mass is 79.9. The molecule has 0 radical (unpaired) electrons. The van der Waals surface area contributed by atoms with E-state index in [4.69, 9.17) is 5.11 Å². The van der Waals surface area contributed by atoms with Crippen LogP contribution in [0.3, 0.4) is 0 Å². The van der Waals surface area contributed by atoms with Crippen molar-refractivity contribution in [2.75, 3.05) is 11.4 Å².